The van der Waals surface area contributed by atoms with E-state index in [4.69, 9.17) is 4.43 Å². The Hall–Kier alpha value is -0.603. The lowest BCUT2D eigenvalue weighted by molar-refractivity contribution is 0.158. The largest absolute Gasteiger partial charge is 0.405 e. The monoisotopic (exact) mass is 234 g/mol. The molecule has 0 N–H and O–H groups in total. The van der Waals surface area contributed by atoms with Gasteiger partial charge < -0.3 is 4.43 Å². The van der Waals surface area contributed by atoms with E-state index in [9.17, 15) is 0 Å². The molecule has 1 aliphatic heterocycles. The molecule has 0 radical (unpaired) electrons. The molecule has 88 valence electrons. The van der Waals surface area contributed by atoms with Gasteiger partial charge in [0.2, 0.25) is 8.32 Å². The zero-order valence-corrected chi connectivity index (χ0v) is 11.8. The number of benzene rings is 1. The predicted octanol–water partition coefficient (Wildman–Crippen LogP) is 3.61. The Morgan fingerprint density at radius 1 is 1.19 bits per heavy atom. The van der Waals surface area contributed by atoms with Crippen LogP contribution in [0.3, 0.4) is 0 Å². The molecule has 0 amide bonds. The number of hydrogen-bond acceptors (Lipinski definition) is 1. The summed E-state index contributed by atoms with van der Waals surface area (Å²) < 4.78 is 6.52. The summed E-state index contributed by atoms with van der Waals surface area (Å²) in [7, 11) is -1.63. The summed E-state index contributed by atoms with van der Waals surface area (Å²) >= 11 is 0. The van der Waals surface area contributed by atoms with E-state index in [2.05, 4.69) is 52.0 Å². The summed E-state index contributed by atoms with van der Waals surface area (Å²) in [6, 6.07) is 11.3. The van der Waals surface area contributed by atoms with Gasteiger partial charge >= 0.3 is 0 Å². The Kier molecular flexibility index (Phi) is 3.22. The van der Waals surface area contributed by atoms with Crippen LogP contribution in [0.25, 0.3) is 0 Å². The van der Waals surface area contributed by atoms with E-state index in [1.807, 2.05) is 0 Å². The van der Waals surface area contributed by atoms with Crippen LogP contribution in [0.2, 0.25) is 12.1 Å². The summed E-state index contributed by atoms with van der Waals surface area (Å²) in [6.45, 7) is 9.10. The van der Waals surface area contributed by atoms with Gasteiger partial charge in [-0.05, 0) is 28.8 Å². The van der Waals surface area contributed by atoms with E-state index in [1.54, 1.807) is 5.19 Å². The standard InChI is InChI=1S/C14H22OSi/c1-5-16(6-2)13-10-8-7-9-12(13)14(15-16)11(3)4/h7-11,14H,5-6H2,1-4H3. The normalized spacial score (nSPS) is 22.4. The molecule has 1 aliphatic rings. The van der Waals surface area contributed by atoms with Crippen LogP contribution in [-0.2, 0) is 4.43 Å². The zero-order valence-electron chi connectivity index (χ0n) is 10.8. The second-order valence-corrected chi connectivity index (χ2v) is 9.25. The van der Waals surface area contributed by atoms with Crippen molar-refractivity contribution in [3.63, 3.8) is 0 Å². The molecule has 1 atom stereocenters. The van der Waals surface area contributed by atoms with E-state index < -0.39 is 8.32 Å². The molecule has 1 nitrogen and oxygen atoms in total. The average Bonchev–Trinajstić information content (AvgIpc) is 2.65. The second-order valence-electron chi connectivity index (χ2n) is 5.07. The van der Waals surface area contributed by atoms with Crippen molar-refractivity contribution < 1.29 is 4.43 Å². The summed E-state index contributed by atoms with van der Waals surface area (Å²) in [6.07, 6.45) is 0.336. The van der Waals surface area contributed by atoms with Crippen molar-refractivity contribution in [3.8, 4) is 0 Å². The molecule has 0 saturated heterocycles. The zero-order chi connectivity index (χ0) is 11.8. The van der Waals surface area contributed by atoms with Crippen LogP contribution in [0.15, 0.2) is 24.3 Å². The highest BCUT2D eigenvalue weighted by Gasteiger charge is 2.45. The fraction of sp³-hybridized carbons (Fsp3) is 0.571. The van der Waals surface area contributed by atoms with Crippen LogP contribution in [-0.4, -0.2) is 8.32 Å². The van der Waals surface area contributed by atoms with E-state index in [1.165, 1.54) is 17.7 Å². The summed E-state index contributed by atoms with van der Waals surface area (Å²) in [5.74, 6) is 0.577. The van der Waals surface area contributed by atoms with Crippen LogP contribution < -0.4 is 5.19 Å². The van der Waals surface area contributed by atoms with Crippen LogP contribution in [0.5, 0.6) is 0 Å². The second kappa shape index (κ2) is 4.34. The Bertz CT molecular complexity index is 369. The molecule has 2 heteroatoms. The number of hydrogen-bond donors (Lipinski definition) is 0. The van der Waals surface area contributed by atoms with Crippen molar-refractivity contribution in [2.75, 3.05) is 0 Å². The maximum Gasteiger partial charge on any atom is 0.224 e. The van der Waals surface area contributed by atoms with Gasteiger partial charge in [-0.3, -0.25) is 0 Å². The molecular formula is C14H22OSi. The Morgan fingerprint density at radius 2 is 1.81 bits per heavy atom. The van der Waals surface area contributed by atoms with Crippen LogP contribution in [0.1, 0.15) is 39.4 Å². The molecule has 1 aromatic carbocycles. The highest BCUT2D eigenvalue weighted by atomic mass is 28.4. The summed E-state index contributed by atoms with van der Waals surface area (Å²) in [5.41, 5.74) is 1.47. The minimum Gasteiger partial charge on any atom is -0.405 e. The SMILES string of the molecule is CC[Si]1(CC)OC(C(C)C)c2ccccc21. The first-order valence-electron chi connectivity index (χ1n) is 6.42. The molecule has 16 heavy (non-hydrogen) atoms. The predicted molar refractivity (Wildman–Crippen MR) is 71.5 cm³/mol. The topological polar surface area (TPSA) is 9.23 Å². The fourth-order valence-electron chi connectivity index (χ4n) is 2.82. The smallest absolute Gasteiger partial charge is 0.224 e. The molecule has 2 rings (SSSR count). The van der Waals surface area contributed by atoms with Gasteiger partial charge in [0.15, 0.2) is 0 Å². The lowest BCUT2D eigenvalue weighted by Crippen LogP contribution is -2.45. The lowest BCUT2D eigenvalue weighted by atomic mass is 9.99. The van der Waals surface area contributed by atoms with Crippen molar-refractivity contribution >= 4 is 13.5 Å². The molecule has 0 bridgehead atoms. The van der Waals surface area contributed by atoms with Gasteiger partial charge in [-0.2, -0.15) is 0 Å². The molecule has 1 heterocycles. The van der Waals surface area contributed by atoms with Gasteiger partial charge in [-0.15, -0.1) is 0 Å². The van der Waals surface area contributed by atoms with Crippen molar-refractivity contribution in [2.24, 2.45) is 5.92 Å². The van der Waals surface area contributed by atoms with E-state index in [0.29, 0.717) is 12.0 Å². The summed E-state index contributed by atoms with van der Waals surface area (Å²) in [4.78, 5) is 0. The number of fused-ring (bicyclic) bond motifs is 1. The number of rotatable bonds is 3. The van der Waals surface area contributed by atoms with Crippen molar-refractivity contribution in [2.45, 2.75) is 45.9 Å². The third-order valence-corrected chi connectivity index (χ3v) is 8.29. The first kappa shape index (κ1) is 11.9. The highest BCUT2D eigenvalue weighted by Crippen LogP contribution is 2.38. The van der Waals surface area contributed by atoms with Crippen molar-refractivity contribution in [1.82, 2.24) is 0 Å². The Morgan fingerprint density at radius 3 is 2.38 bits per heavy atom. The molecule has 1 unspecified atom stereocenters. The molecular weight excluding hydrogens is 212 g/mol. The van der Waals surface area contributed by atoms with Gasteiger partial charge in [0.1, 0.15) is 0 Å². The quantitative estimate of drug-likeness (QED) is 0.726. The van der Waals surface area contributed by atoms with Crippen molar-refractivity contribution in [3.05, 3.63) is 29.8 Å². The van der Waals surface area contributed by atoms with Gasteiger partial charge in [-0.1, -0.05) is 52.0 Å². The minimum absolute atomic E-state index is 0.336. The van der Waals surface area contributed by atoms with Crippen LogP contribution >= 0.6 is 0 Å². The lowest BCUT2D eigenvalue weighted by Gasteiger charge is -2.26. The van der Waals surface area contributed by atoms with E-state index in [-0.39, 0.29) is 0 Å². The average molecular weight is 234 g/mol. The first-order valence-corrected chi connectivity index (χ1v) is 8.74. The minimum atomic E-state index is -1.63. The third kappa shape index (κ3) is 1.64. The van der Waals surface area contributed by atoms with Gasteiger partial charge in [0.25, 0.3) is 0 Å². The fourth-order valence-corrected chi connectivity index (χ4v) is 6.58. The summed E-state index contributed by atoms with van der Waals surface area (Å²) in [5, 5.41) is 1.55. The van der Waals surface area contributed by atoms with Crippen LogP contribution in [0.4, 0.5) is 0 Å². The van der Waals surface area contributed by atoms with Crippen molar-refractivity contribution in [1.29, 1.82) is 0 Å². The van der Waals surface area contributed by atoms with Gasteiger partial charge in [0.05, 0.1) is 6.10 Å². The third-order valence-electron chi connectivity index (χ3n) is 3.86. The van der Waals surface area contributed by atoms with Gasteiger partial charge in [-0.25, -0.2) is 0 Å². The molecule has 0 aromatic heterocycles. The highest BCUT2D eigenvalue weighted by molar-refractivity contribution is 6.87. The Labute approximate surface area is 100.0 Å². The van der Waals surface area contributed by atoms with E-state index >= 15 is 0 Å². The molecule has 0 aliphatic carbocycles. The van der Waals surface area contributed by atoms with Crippen LogP contribution in [0, 0.1) is 5.92 Å². The Balaban J connectivity index is 2.50. The maximum absolute atomic E-state index is 6.52. The molecule has 0 saturated carbocycles. The maximum atomic E-state index is 6.52. The van der Waals surface area contributed by atoms with E-state index in [0.717, 1.165) is 0 Å². The molecule has 1 aromatic rings. The molecule has 0 fully saturated rings. The first-order chi connectivity index (χ1) is 7.64. The molecule has 0 spiro atoms. The van der Waals surface area contributed by atoms with Gasteiger partial charge in [0, 0.05) is 0 Å².